The first kappa shape index (κ1) is 19.1. The van der Waals surface area contributed by atoms with Gasteiger partial charge in [-0.15, -0.1) is 5.54 Å². The molecule has 0 radical (unpaired) electrons. The van der Waals surface area contributed by atoms with E-state index in [0.717, 1.165) is 22.3 Å². The smallest absolute Gasteiger partial charge is 0.186 e. The lowest BCUT2D eigenvalue weighted by Gasteiger charge is -2.03. The van der Waals surface area contributed by atoms with Gasteiger partial charge < -0.3 is 0 Å². The van der Waals surface area contributed by atoms with Crippen LogP contribution in [0, 0.1) is 23.3 Å². The summed E-state index contributed by atoms with van der Waals surface area (Å²) in [4.78, 5) is 11.0. The van der Waals surface area contributed by atoms with E-state index in [-0.39, 0.29) is 5.12 Å². The molecule has 3 heteroatoms. The highest BCUT2D eigenvalue weighted by Gasteiger charge is 2.07. The van der Waals surface area contributed by atoms with Crippen LogP contribution in [-0.2, 0) is 10.5 Å². The Bertz CT molecular complexity index is 851. The van der Waals surface area contributed by atoms with Crippen LogP contribution in [0.5, 0.6) is 0 Å². The Kier molecular flexibility index (Phi) is 6.71. The maximum Gasteiger partial charge on any atom is 0.186 e. The van der Waals surface area contributed by atoms with Gasteiger partial charge in [0.1, 0.15) is 8.07 Å². The highest BCUT2D eigenvalue weighted by atomic mass is 32.2. The molecule has 0 heterocycles. The Morgan fingerprint density at radius 3 is 1.72 bits per heavy atom. The molecule has 0 aliphatic carbocycles. The summed E-state index contributed by atoms with van der Waals surface area (Å²) in [6.07, 6.45) is 0. The fourth-order valence-electron chi connectivity index (χ4n) is 1.91. The molecule has 0 saturated carbocycles. The normalized spacial score (nSPS) is 10.2. The van der Waals surface area contributed by atoms with Gasteiger partial charge in [0.15, 0.2) is 5.12 Å². The molecule has 2 rings (SSSR count). The summed E-state index contributed by atoms with van der Waals surface area (Å²) in [6.45, 7) is 8.31. The van der Waals surface area contributed by atoms with E-state index in [4.69, 9.17) is 0 Å². The molecule has 0 unspecified atom stereocenters. The van der Waals surface area contributed by atoms with E-state index < -0.39 is 8.07 Å². The molecule has 1 nitrogen and oxygen atoms in total. The molecule has 0 aliphatic heterocycles. The molecule has 0 N–H and O–H groups in total. The van der Waals surface area contributed by atoms with Crippen LogP contribution in [0.4, 0.5) is 0 Å². The highest BCUT2D eigenvalue weighted by molar-refractivity contribution is 8.12. The molecular formula is C22H22OSSi. The van der Waals surface area contributed by atoms with Crippen LogP contribution in [-0.4, -0.2) is 13.2 Å². The van der Waals surface area contributed by atoms with Crippen molar-refractivity contribution in [2.75, 3.05) is 0 Å². The predicted octanol–water partition coefficient (Wildman–Crippen LogP) is 5.10. The zero-order valence-corrected chi connectivity index (χ0v) is 17.0. The average molecular weight is 363 g/mol. The molecule has 0 saturated heterocycles. The number of hydrogen-bond acceptors (Lipinski definition) is 2. The second-order valence-corrected chi connectivity index (χ2v) is 12.7. The van der Waals surface area contributed by atoms with Crippen molar-refractivity contribution >= 4 is 25.0 Å². The predicted molar refractivity (Wildman–Crippen MR) is 111 cm³/mol. The number of hydrogen-bond donors (Lipinski definition) is 0. The van der Waals surface area contributed by atoms with E-state index in [1.165, 1.54) is 11.8 Å². The van der Waals surface area contributed by atoms with Crippen LogP contribution < -0.4 is 0 Å². The van der Waals surface area contributed by atoms with Crippen molar-refractivity contribution in [3.63, 3.8) is 0 Å². The van der Waals surface area contributed by atoms with Crippen molar-refractivity contribution in [1.82, 2.24) is 0 Å². The third kappa shape index (κ3) is 7.48. The Labute approximate surface area is 156 Å². The van der Waals surface area contributed by atoms with Gasteiger partial charge in [-0.25, -0.2) is 0 Å². The van der Waals surface area contributed by atoms with Gasteiger partial charge in [-0.1, -0.05) is 61.3 Å². The molecule has 0 aromatic heterocycles. The molecule has 0 aliphatic rings. The van der Waals surface area contributed by atoms with E-state index >= 15 is 0 Å². The fraction of sp³-hybridized carbons (Fsp3) is 0.227. The first-order valence-corrected chi connectivity index (χ1v) is 12.7. The van der Waals surface area contributed by atoms with Crippen LogP contribution in [0.15, 0.2) is 48.5 Å². The minimum Gasteiger partial charge on any atom is -0.288 e. The summed E-state index contributed by atoms with van der Waals surface area (Å²) >= 11 is 1.32. The van der Waals surface area contributed by atoms with Crippen molar-refractivity contribution < 1.29 is 4.79 Å². The Morgan fingerprint density at radius 2 is 1.28 bits per heavy atom. The van der Waals surface area contributed by atoms with Gasteiger partial charge in [0, 0.05) is 29.4 Å². The first-order chi connectivity index (χ1) is 11.8. The van der Waals surface area contributed by atoms with Crippen molar-refractivity contribution in [2.24, 2.45) is 0 Å². The molecule has 2 aromatic rings. The Morgan fingerprint density at radius 1 is 0.840 bits per heavy atom. The van der Waals surface area contributed by atoms with E-state index in [1.54, 1.807) is 6.92 Å². The van der Waals surface area contributed by atoms with Crippen molar-refractivity contribution in [3.8, 4) is 23.3 Å². The minimum absolute atomic E-state index is 0.141. The Balaban J connectivity index is 2.03. The zero-order valence-electron chi connectivity index (χ0n) is 15.1. The molecular weight excluding hydrogens is 340 g/mol. The summed E-state index contributed by atoms with van der Waals surface area (Å²) in [6, 6.07) is 16.1. The van der Waals surface area contributed by atoms with Crippen LogP contribution >= 0.6 is 11.8 Å². The van der Waals surface area contributed by atoms with Crippen molar-refractivity contribution in [3.05, 3.63) is 70.8 Å². The third-order valence-corrected chi connectivity index (χ3v) is 4.97. The maximum absolute atomic E-state index is 11.0. The number of thioether (sulfide) groups is 1. The minimum atomic E-state index is -1.34. The molecule has 0 bridgehead atoms. The molecule has 25 heavy (non-hydrogen) atoms. The first-order valence-electron chi connectivity index (χ1n) is 8.19. The van der Waals surface area contributed by atoms with Gasteiger partial charge in [0.05, 0.1) is 0 Å². The summed E-state index contributed by atoms with van der Waals surface area (Å²) < 4.78 is 0. The van der Waals surface area contributed by atoms with Crippen molar-refractivity contribution in [2.45, 2.75) is 32.3 Å². The zero-order chi connectivity index (χ0) is 18.3. The van der Waals surface area contributed by atoms with Gasteiger partial charge in [0.2, 0.25) is 0 Å². The van der Waals surface area contributed by atoms with Gasteiger partial charge in [-0.3, -0.25) is 4.79 Å². The third-order valence-electron chi connectivity index (χ3n) is 3.21. The second-order valence-electron chi connectivity index (χ2n) is 6.80. The summed E-state index contributed by atoms with van der Waals surface area (Å²) in [5, 5.41) is 0.141. The second kappa shape index (κ2) is 8.76. The number of carbonyl (C=O) groups is 1. The van der Waals surface area contributed by atoms with Crippen LogP contribution in [0.25, 0.3) is 0 Å². The van der Waals surface area contributed by atoms with E-state index in [0.29, 0.717) is 5.75 Å². The summed E-state index contributed by atoms with van der Waals surface area (Å²) in [5.74, 6) is 10.3. The quantitative estimate of drug-likeness (QED) is 0.546. The van der Waals surface area contributed by atoms with Crippen LogP contribution in [0.3, 0.4) is 0 Å². The standard InChI is InChI=1S/C22H22OSSi/c1-18(23)24-17-22-13-11-20(12-14-22)6-5-19-7-9-21(10-8-19)15-16-25(2,3)4/h7-14H,17H2,1-4H3. The molecule has 0 amide bonds. The number of carbonyl (C=O) groups excluding carboxylic acids is 1. The summed E-state index contributed by atoms with van der Waals surface area (Å²) in [7, 11) is -1.34. The van der Waals surface area contributed by atoms with Gasteiger partial charge >= 0.3 is 0 Å². The lowest BCUT2D eigenvalue weighted by molar-refractivity contribution is -0.109. The Hall–Kier alpha value is -2.20. The topological polar surface area (TPSA) is 17.1 Å². The lowest BCUT2D eigenvalue weighted by Crippen LogP contribution is -2.16. The lowest BCUT2D eigenvalue weighted by atomic mass is 10.1. The molecule has 126 valence electrons. The molecule has 0 fully saturated rings. The fourth-order valence-corrected chi connectivity index (χ4v) is 2.99. The number of rotatable bonds is 2. The molecule has 0 spiro atoms. The van der Waals surface area contributed by atoms with Crippen LogP contribution in [0.2, 0.25) is 19.6 Å². The van der Waals surface area contributed by atoms with E-state index in [1.807, 2.05) is 48.5 Å². The van der Waals surface area contributed by atoms with E-state index in [9.17, 15) is 4.79 Å². The summed E-state index contributed by atoms with van der Waals surface area (Å²) in [5.41, 5.74) is 7.50. The van der Waals surface area contributed by atoms with Gasteiger partial charge in [-0.2, -0.15) is 0 Å². The van der Waals surface area contributed by atoms with Crippen molar-refractivity contribution in [1.29, 1.82) is 0 Å². The largest absolute Gasteiger partial charge is 0.288 e. The highest BCUT2D eigenvalue weighted by Crippen LogP contribution is 2.13. The average Bonchev–Trinajstić information content (AvgIpc) is 2.57. The monoisotopic (exact) mass is 362 g/mol. The number of benzene rings is 2. The van der Waals surface area contributed by atoms with Crippen LogP contribution in [0.1, 0.15) is 29.2 Å². The molecule has 0 atom stereocenters. The van der Waals surface area contributed by atoms with Gasteiger partial charge in [-0.05, 0) is 42.0 Å². The molecule has 2 aromatic carbocycles. The SMILES string of the molecule is CC(=O)SCc1ccc(C#Cc2ccc(C#C[Si](C)(C)C)cc2)cc1. The van der Waals surface area contributed by atoms with Gasteiger partial charge in [0.25, 0.3) is 0 Å². The van der Waals surface area contributed by atoms with E-state index in [2.05, 4.69) is 42.9 Å². The maximum atomic E-state index is 11.0.